The Kier molecular flexibility index (Phi) is 3.68. The molecule has 0 aliphatic carbocycles. The number of carbonyl (C=O) groups is 2. The lowest BCUT2D eigenvalue weighted by Gasteiger charge is -2.18. The van der Waals surface area contributed by atoms with Crippen LogP contribution in [-0.4, -0.2) is 44.5 Å². The lowest BCUT2D eigenvalue weighted by Crippen LogP contribution is -2.33. The fourth-order valence-electron chi connectivity index (χ4n) is 2.90. The Labute approximate surface area is 143 Å². The summed E-state index contributed by atoms with van der Waals surface area (Å²) in [5.74, 6) is 0.000226. The highest BCUT2D eigenvalue weighted by atomic mass is 16.5. The minimum atomic E-state index is -0.245. The Morgan fingerprint density at radius 3 is 2.60 bits per heavy atom. The van der Waals surface area contributed by atoms with Crippen LogP contribution in [0.15, 0.2) is 42.7 Å². The van der Waals surface area contributed by atoms with Crippen LogP contribution < -0.4 is 4.74 Å². The number of H-pyrrole nitrogens is 1. The first-order chi connectivity index (χ1) is 12.1. The van der Waals surface area contributed by atoms with E-state index in [-0.39, 0.29) is 17.9 Å². The number of ether oxygens (including phenoxy) is 1. The molecule has 0 fully saturated rings. The maximum Gasteiger partial charge on any atom is 0.261 e. The molecule has 0 saturated heterocycles. The van der Waals surface area contributed by atoms with E-state index in [1.54, 1.807) is 42.7 Å². The average molecular weight is 336 g/mol. The second-order valence-corrected chi connectivity index (χ2v) is 6.00. The maximum absolute atomic E-state index is 12.3. The number of benzene rings is 1. The zero-order valence-corrected chi connectivity index (χ0v) is 13.6. The van der Waals surface area contributed by atoms with Crippen LogP contribution in [0.5, 0.6) is 5.88 Å². The molecule has 1 aliphatic heterocycles. The topological polar surface area (TPSA) is 88.2 Å². The van der Waals surface area contributed by atoms with Crippen LogP contribution in [0, 0.1) is 0 Å². The van der Waals surface area contributed by atoms with E-state index in [1.807, 2.05) is 6.92 Å². The highest BCUT2D eigenvalue weighted by Gasteiger charge is 2.34. The third kappa shape index (κ3) is 2.73. The molecule has 1 atom stereocenters. The fraction of sp³-hybridized carbons (Fsp3) is 0.222. The van der Waals surface area contributed by atoms with Gasteiger partial charge < -0.3 is 4.74 Å². The van der Waals surface area contributed by atoms with Crippen molar-refractivity contribution >= 4 is 22.7 Å². The third-order valence-electron chi connectivity index (χ3n) is 4.26. The van der Waals surface area contributed by atoms with Gasteiger partial charge in [-0.25, -0.2) is 4.98 Å². The lowest BCUT2D eigenvalue weighted by atomic mass is 10.1. The van der Waals surface area contributed by atoms with Gasteiger partial charge in [-0.2, -0.15) is 5.10 Å². The number of rotatable bonds is 5. The van der Waals surface area contributed by atoms with E-state index < -0.39 is 0 Å². The third-order valence-corrected chi connectivity index (χ3v) is 4.26. The van der Waals surface area contributed by atoms with Crippen molar-refractivity contribution in [2.45, 2.75) is 19.4 Å². The van der Waals surface area contributed by atoms with Gasteiger partial charge in [-0.1, -0.05) is 12.1 Å². The van der Waals surface area contributed by atoms with Gasteiger partial charge in [0.05, 0.1) is 35.1 Å². The van der Waals surface area contributed by atoms with Crippen LogP contribution in [0.4, 0.5) is 0 Å². The first-order valence-corrected chi connectivity index (χ1v) is 8.04. The van der Waals surface area contributed by atoms with Crippen LogP contribution in [0.1, 0.15) is 34.1 Å². The van der Waals surface area contributed by atoms with Gasteiger partial charge in [-0.15, -0.1) is 0 Å². The SMILES string of the molecule is CC(CCN1C(=O)c2ccccc2C1=O)Oc1cc2cn[nH]c2cn1. The van der Waals surface area contributed by atoms with Crippen LogP contribution in [0.3, 0.4) is 0 Å². The molecule has 25 heavy (non-hydrogen) atoms. The Bertz CT molecular complexity index is 931. The minimum absolute atomic E-state index is 0.193. The summed E-state index contributed by atoms with van der Waals surface area (Å²) in [4.78, 5) is 30.2. The number of hydrogen-bond acceptors (Lipinski definition) is 5. The van der Waals surface area contributed by atoms with Crippen molar-refractivity contribution in [2.75, 3.05) is 6.54 Å². The smallest absolute Gasteiger partial charge is 0.261 e. The summed E-state index contributed by atoms with van der Waals surface area (Å²) in [5, 5.41) is 7.69. The predicted octanol–water partition coefficient (Wildman–Crippen LogP) is 2.41. The number of hydrogen-bond donors (Lipinski definition) is 1. The number of carbonyl (C=O) groups excluding carboxylic acids is 2. The van der Waals surface area contributed by atoms with E-state index in [4.69, 9.17) is 4.74 Å². The number of imide groups is 1. The second kappa shape index (κ2) is 6.01. The summed E-state index contributed by atoms with van der Waals surface area (Å²) >= 11 is 0. The number of nitrogens with one attached hydrogen (secondary N) is 1. The second-order valence-electron chi connectivity index (χ2n) is 6.00. The van der Waals surface area contributed by atoms with E-state index in [0.29, 0.717) is 30.0 Å². The summed E-state index contributed by atoms with van der Waals surface area (Å²) in [6, 6.07) is 8.68. The van der Waals surface area contributed by atoms with Crippen molar-refractivity contribution in [3.8, 4) is 5.88 Å². The van der Waals surface area contributed by atoms with Crippen molar-refractivity contribution in [3.63, 3.8) is 0 Å². The number of fused-ring (bicyclic) bond motifs is 2. The molecule has 126 valence electrons. The Hall–Kier alpha value is -3.22. The van der Waals surface area contributed by atoms with Crippen LogP contribution in [-0.2, 0) is 0 Å². The number of amides is 2. The van der Waals surface area contributed by atoms with Crippen molar-refractivity contribution < 1.29 is 14.3 Å². The fourth-order valence-corrected chi connectivity index (χ4v) is 2.90. The summed E-state index contributed by atoms with van der Waals surface area (Å²) in [6.45, 7) is 2.20. The molecular weight excluding hydrogens is 320 g/mol. The van der Waals surface area contributed by atoms with E-state index in [2.05, 4.69) is 15.2 Å². The van der Waals surface area contributed by atoms with E-state index >= 15 is 0 Å². The van der Waals surface area contributed by atoms with Gasteiger partial charge in [0.25, 0.3) is 11.8 Å². The van der Waals surface area contributed by atoms with Crippen molar-refractivity contribution in [1.29, 1.82) is 0 Å². The van der Waals surface area contributed by atoms with E-state index in [1.165, 1.54) is 4.90 Å². The Morgan fingerprint density at radius 1 is 1.16 bits per heavy atom. The first-order valence-electron chi connectivity index (χ1n) is 8.04. The molecule has 2 amide bonds. The molecule has 7 nitrogen and oxygen atoms in total. The zero-order chi connectivity index (χ0) is 17.4. The molecule has 3 heterocycles. The Balaban J connectivity index is 1.40. The molecule has 0 radical (unpaired) electrons. The molecule has 7 heteroatoms. The molecule has 1 aliphatic rings. The molecule has 1 N–H and O–H groups in total. The molecular formula is C18H16N4O3. The molecule has 1 aromatic carbocycles. The number of nitrogens with zero attached hydrogens (tertiary/aromatic N) is 3. The van der Waals surface area contributed by atoms with Crippen molar-refractivity contribution in [2.24, 2.45) is 0 Å². The standard InChI is InChI=1S/C18H16N4O3/c1-11(25-16-8-12-9-20-21-15(12)10-19-16)6-7-22-17(23)13-4-2-3-5-14(13)18(22)24/h2-5,8-11H,6-7H2,1H3,(H,20,21). The Morgan fingerprint density at radius 2 is 1.88 bits per heavy atom. The van der Waals surface area contributed by atoms with Crippen molar-refractivity contribution in [3.05, 3.63) is 53.9 Å². The van der Waals surface area contributed by atoms with Crippen LogP contribution >= 0.6 is 0 Å². The minimum Gasteiger partial charge on any atom is -0.475 e. The highest BCUT2D eigenvalue weighted by Crippen LogP contribution is 2.23. The van der Waals surface area contributed by atoms with Gasteiger partial charge in [-0.3, -0.25) is 19.6 Å². The van der Waals surface area contributed by atoms with E-state index in [0.717, 1.165) is 10.9 Å². The molecule has 0 spiro atoms. The molecule has 1 unspecified atom stereocenters. The lowest BCUT2D eigenvalue weighted by molar-refractivity contribution is 0.0633. The van der Waals surface area contributed by atoms with Gasteiger partial charge in [0.1, 0.15) is 0 Å². The van der Waals surface area contributed by atoms with Crippen molar-refractivity contribution in [1.82, 2.24) is 20.1 Å². The molecule has 0 bridgehead atoms. The number of pyridine rings is 1. The zero-order valence-electron chi connectivity index (χ0n) is 13.6. The van der Waals surface area contributed by atoms with Crippen LogP contribution in [0.25, 0.3) is 10.9 Å². The average Bonchev–Trinajstić information content (AvgIpc) is 3.17. The summed E-state index contributed by atoms with van der Waals surface area (Å²) in [5.41, 5.74) is 1.77. The maximum atomic E-state index is 12.3. The van der Waals surface area contributed by atoms with Gasteiger partial charge in [0.2, 0.25) is 5.88 Å². The first kappa shape index (κ1) is 15.3. The quantitative estimate of drug-likeness (QED) is 0.723. The molecule has 3 aromatic rings. The van der Waals surface area contributed by atoms with Gasteiger partial charge in [0, 0.05) is 24.4 Å². The number of aromatic amines is 1. The highest BCUT2D eigenvalue weighted by molar-refractivity contribution is 6.21. The van der Waals surface area contributed by atoms with Crippen LogP contribution in [0.2, 0.25) is 0 Å². The summed E-state index contributed by atoms with van der Waals surface area (Å²) in [7, 11) is 0. The largest absolute Gasteiger partial charge is 0.475 e. The van der Waals surface area contributed by atoms with Gasteiger partial charge in [-0.05, 0) is 19.1 Å². The predicted molar refractivity (Wildman–Crippen MR) is 90.4 cm³/mol. The molecule has 4 rings (SSSR count). The molecule has 0 saturated carbocycles. The number of aromatic nitrogens is 3. The van der Waals surface area contributed by atoms with Gasteiger partial charge >= 0.3 is 0 Å². The normalized spacial score (nSPS) is 14.8. The summed E-state index contributed by atoms with van der Waals surface area (Å²) in [6.07, 6.45) is 3.69. The van der Waals surface area contributed by atoms with Gasteiger partial charge in [0.15, 0.2) is 0 Å². The molecule has 2 aromatic heterocycles. The van der Waals surface area contributed by atoms with E-state index in [9.17, 15) is 9.59 Å². The summed E-state index contributed by atoms with van der Waals surface area (Å²) < 4.78 is 5.80. The monoisotopic (exact) mass is 336 g/mol.